The molecule has 2 rings (SSSR count). The van der Waals surface area contributed by atoms with Crippen molar-refractivity contribution in [1.82, 2.24) is 4.31 Å². The molecule has 0 aliphatic carbocycles. The fraction of sp³-hybridized carbons (Fsp3) is 0.455. The monoisotopic (exact) mass is 240 g/mol. The first-order chi connectivity index (χ1) is 7.68. The van der Waals surface area contributed by atoms with Gasteiger partial charge in [-0.25, -0.2) is 4.21 Å². The summed E-state index contributed by atoms with van der Waals surface area (Å²) >= 11 is -1.82. The zero-order valence-corrected chi connectivity index (χ0v) is 10.1. The maximum absolute atomic E-state index is 10.9. The standard InChI is InChI=1S/C11H16N2O2S/c1-10-4-2-3-5-11(10)12-6-8-13(9-7-12)16(14)15/h2-5H,6-9H2,1H3,(H,14,15). The number of hydrogen-bond donors (Lipinski definition) is 1. The van der Waals surface area contributed by atoms with Crippen molar-refractivity contribution in [3.05, 3.63) is 29.8 Å². The predicted octanol–water partition coefficient (Wildman–Crippen LogP) is 1.25. The van der Waals surface area contributed by atoms with Crippen LogP contribution < -0.4 is 4.90 Å². The van der Waals surface area contributed by atoms with E-state index in [9.17, 15) is 4.21 Å². The minimum Gasteiger partial charge on any atom is -0.369 e. The fourth-order valence-corrected chi connectivity index (χ4v) is 2.48. The molecular weight excluding hydrogens is 224 g/mol. The van der Waals surface area contributed by atoms with Crippen LogP contribution in [0, 0.1) is 6.92 Å². The van der Waals surface area contributed by atoms with Crippen LogP contribution in [0.15, 0.2) is 24.3 Å². The molecule has 1 N–H and O–H groups in total. The van der Waals surface area contributed by atoms with Gasteiger partial charge >= 0.3 is 0 Å². The number of hydrogen-bond acceptors (Lipinski definition) is 2. The van der Waals surface area contributed by atoms with Gasteiger partial charge in [-0.05, 0) is 18.6 Å². The third-order valence-corrected chi connectivity index (χ3v) is 3.72. The van der Waals surface area contributed by atoms with E-state index in [0.717, 1.165) is 13.1 Å². The average molecular weight is 240 g/mol. The summed E-state index contributed by atoms with van der Waals surface area (Å²) in [7, 11) is 0. The van der Waals surface area contributed by atoms with Gasteiger partial charge in [0.25, 0.3) is 0 Å². The molecule has 0 radical (unpaired) electrons. The third-order valence-electron chi connectivity index (χ3n) is 2.92. The van der Waals surface area contributed by atoms with Crippen LogP contribution in [-0.4, -0.2) is 39.2 Å². The quantitative estimate of drug-likeness (QED) is 0.791. The third kappa shape index (κ3) is 2.42. The first-order valence-corrected chi connectivity index (χ1v) is 6.41. The Morgan fingerprint density at radius 1 is 1.19 bits per heavy atom. The number of aryl methyl sites for hydroxylation is 1. The van der Waals surface area contributed by atoms with E-state index >= 15 is 0 Å². The molecular formula is C11H16N2O2S. The lowest BCUT2D eigenvalue weighted by Gasteiger charge is -2.34. The van der Waals surface area contributed by atoms with Crippen LogP contribution >= 0.6 is 0 Å². The van der Waals surface area contributed by atoms with Gasteiger partial charge in [-0.2, -0.15) is 4.31 Å². The summed E-state index contributed by atoms with van der Waals surface area (Å²) in [6, 6.07) is 8.24. The molecule has 1 aromatic carbocycles. The van der Waals surface area contributed by atoms with Crippen LogP contribution in [0.25, 0.3) is 0 Å². The summed E-state index contributed by atoms with van der Waals surface area (Å²) in [5.74, 6) is 0. The highest BCUT2D eigenvalue weighted by Crippen LogP contribution is 2.20. The maximum Gasteiger partial charge on any atom is 0.234 e. The summed E-state index contributed by atoms with van der Waals surface area (Å²) in [5.41, 5.74) is 2.48. The molecule has 1 atom stereocenters. The van der Waals surface area contributed by atoms with E-state index in [2.05, 4.69) is 24.0 Å². The minimum absolute atomic E-state index is 0.636. The Morgan fingerprint density at radius 3 is 2.38 bits per heavy atom. The van der Waals surface area contributed by atoms with Crippen LogP contribution in [0.4, 0.5) is 5.69 Å². The molecule has 1 aliphatic heterocycles. The van der Waals surface area contributed by atoms with Crippen LogP contribution in [0.5, 0.6) is 0 Å². The summed E-state index contributed by atoms with van der Waals surface area (Å²) in [5, 5.41) is 0. The first kappa shape index (κ1) is 11.6. The van der Waals surface area contributed by atoms with Gasteiger partial charge in [0.1, 0.15) is 0 Å². The van der Waals surface area contributed by atoms with Crippen molar-refractivity contribution >= 4 is 17.0 Å². The summed E-state index contributed by atoms with van der Waals surface area (Å²) < 4.78 is 21.4. The number of nitrogens with zero attached hydrogens (tertiary/aromatic N) is 2. The molecule has 88 valence electrons. The lowest BCUT2D eigenvalue weighted by Crippen LogP contribution is -2.47. The van der Waals surface area contributed by atoms with Gasteiger partial charge in [-0.15, -0.1) is 0 Å². The van der Waals surface area contributed by atoms with E-state index in [-0.39, 0.29) is 0 Å². The van der Waals surface area contributed by atoms with Gasteiger partial charge in [0.15, 0.2) is 0 Å². The lowest BCUT2D eigenvalue weighted by molar-refractivity contribution is 0.373. The van der Waals surface area contributed by atoms with Crippen molar-refractivity contribution in [3.8, 4) is 0 Å². The number of rotatable bonds is 2. The second-order valence-corrected chi connectivity index (χ2v) is 4.91. The van der Waals surface area contributed by atoms with Gasteiger partial charge in [-0.3, -0.25) is 4.55 Å². The van der Waals surface area contributed by atoms with Crippen molar-refractivity contribution in [2.24, 2.45) is 0 Å². The normalized spacial score (nSPS) is 19.8. The van der Waals surface area contributed by atoms with Crippen molar-refractivity contribution in [2.75, 3.05) is 31.1 Å². The van der Waals surface area contributed by atoms with Gasteiger partial charge in [0.2, 0.25) is 11.3 Å². The van der Waals surface area contributed by atoms with Gasteiger partial charge in [0.05, 0.1) is 0 Å². The molecule has 0 amide bonds. The predicted molar refractivity (Wildman–Crippen MR) is 65.7 cm³/mol. The highest BCUT2D eigenvalue weighted by molar-refractivity contribution is 7.76. The molecule has 1 heterocycles. The molecule has 0 spiro atoms. The molecule has 1 aliphatic rings. The van der Waals surface area contributed by atoms with E-state index in [1.165, 1.54) is 11.3 Å². The van der Waals surface area contributed by atoms with E-state index < -0.39 is 11.3 Å². The highest BCUT2D eigenvalue weighted by Gasteiger charge is 2.20. The molecule has 0 aromatic heterocycles. The van der Waals surface area contributed by atoms with Crippen molar-refractivity contribution < 1.29 is 8.76 Å². The SMILES string of the molecule is Cc1ccccc1N1CCN(S(=O)O)CC1. The van der Waals surface area contributed by atoms with Crippen molar-refractivity contribution in [3.63, 3.8) is 0 Å². The largest absolute Gasteiger partial charge is 0.369 e. The molecule has 0 bridgehead atoms. The second kappa shape index (κ2) is 4.95. The van der Waals surface area contributed by atoms with Crippen LogP contribution in [0.1, 0.15) is 5.56 Å². The molecule has 4 nitrogen and oxygen atoms in total. The Bertz CT molecular complexity index is 389. The molecule has 1 fully saturated rings. The summed E-state index contributed by atoms with van der Waals surface area (Å²) in [4.78, 5) is 2.26. The Morgan fingerprint density at radius 2 is 1.81 bits per heavy atom. The topological polar surface area (TPSA) is 43.8 Å². The Labute approximate surface area is 98.3 Å². The number of piperazine rings is 1. The highest BCUT2D eigenvalue weighted by atomic mass is 32.2. The van der Waals surface area contributed by atoms with Crippen LogP contribution in [0.2, 0.25) is 0 Å². The molecule has 16 heavy (non-hydrogen) atoms. The van der Waals surface area contributed by atoms with E-state index in [1.54, 1.807) is 4.31 Å². The van der Waals surface area contributed by atoms with Crippen molar-refractivity contribution in [1.29, 1.82) is 0 Å². The van der Waals surface area contributed by atoms with Gasteiger partial charge < -0.3 is 4.90 Å². The summed E-state index contributed by atoms with van der Waals surface area (Å²) in [6.45, 7) is 4.97. The first-order valence-electron chi connectivity index (χ1n) is 5.35. The van der Waals surface area contributed by atoms with Gasteiger partial charge in [-0.1, -0.05) is 18.2 Å². The van der Waals surface area contributed by atoms with Crippen LogP contribution in [0.3, 0.4) is 0 Å². The number of para-hydroxylation sites is 1. The summed E-state index contributed by atoms with van der Waals surface area (Å²) in [6.07, 6.45) is 0. The van der Waals surface area contributed by atoms with E-state index in [4.69, 9.17) is 4.55 Å². The van der Waals surface area contributed by atoms with E-state index in [0.29, 0.717) is 13.1 Å². The lowest BCUT2D eigenvalue weighted by atomic mass is 10.1. The Balaban J connectivity index is 2.05. The van der Waals surface area contributed by atoms with E-state index in [1.807, 2.05) is 12.1 Å². The number of anilines is 1. The zero-order valence-electron chi connectivity index (χ0n) is 9.30. The molecule has 0 saturated carbocycles. The maximum atomic E-state index is 10.9. The number of benzene rings is 1. The average Bonchev–Trinajstić information content (AvgIpc) is 2.30. The molecule has 1 aromatic rings. The Kier molecular flexibility index (Phi) is 3.58. The molecule has 1 unspecified atom stereocenters. The smallest absolute Gasteiger partial charge is 0.234 e. The zero-order chi connectivity index (χ0) is 11.5. The second-order valence-electron chi connectivity index (χ2n) is 3.93. The fourth-order valence-electron chi connectivity index (χ4n) is 2.00. The van der Waals surface area contributed by atoms with Gasteiger partial charge in [0, 0.05) is 31.9 Å². The molecule has 5 heteroatoms. The van der Waals surface area contributed by atoms with Crippen LogP contribution in [-0.2, 0) is 11.3 Å². The molecule has 1 saturated heterocycles. The van der Waals surface area contributed by atoms with Crippen molar-refractivity contribution in [2.45, 2.75) is 6.92 Å². The Hall–Kier alpha value is -0.910. The minimum atomic E-state index is -1.82.